The van der Waals surface area contributed by atoms with E-state index in [-0.39, 0.29) is 11.8 Å². The van der Waals surface area contributed by atoms with Crippen LogP contribution in [-0.2, 0) is 4.79 Å². The lowest BCUT2D eigenvalue weighted by molar-refractivity contribution is -0.121. The summed E-state index contributed by atoms with van der Waals surface area (Å²) in [5.74, 6) is 0.494. The molecule has 1 fully saturated rings. The number of carbonyl (C=O) groups excluding carboxylic acids is 2. The predicted octanol–water partition coefficient (Wildman–Crippen LogP) is 1.70. The van der Waals surface area contributed by atoms with E-state index in [9.17, 15) is 9.59 Å². The second-order valence-corrected chi connectivity index (χ2v) is 5.20. The van der Waals surface area contributed by atoms with E-state index in [4.69, 9.17) is 4.42 Å². The molecule has 1 heterocycles. The van der Waals surface area contributed by atoms with Gasteiger partial charge in [-0.2, -0.15) is 0 Å². The standard InChI is InChI=1S/C14H20N2O3/c1-10-2-3-12(8-10)16-13(17)4-6-15-14(18)11-5-7-19-9-11/h5,7,9-10,12H,2-4,6,8H2,1H3,(H,15,18)(H,16,17). The minimum Gasteiger partial charge on any atom is -0.472 e. The number of carbonyl (C=O) groups is 2. The molecule has 0 radical (unpaired) electrons. The van der Waals surface area contributed by atoms with Crippen LogP contribution in [-0.4, -0.2) is 24.4 Å². The fraction of sp³-hybridized carbons (Fsp3) is 0.571. The average Bonchev–Trinajstić information content (AvgIpc) is 3.00. The smallest absolute Gasteiger partial charge is 0.254 e. The third-order valence-corrected chi connectivity index (χ3v) is 3.48. The first-order valence-corrected chi connectivity index (χ1v) is 6.75. The van der Waals surface area contributed by atoms with Gasteiger partial charge in [-0.05, 0) is 31.2 Å². The topological polar surface area (TPSA) is 71.3 Å². The average molecular weight is 264 g/mol. The molecular formula is C14H20N2O3. The highest BCUT2D eigenvalue weighted by atomic mass is 16.3. The summed E-state index contributed by atoms with van der Waals surface area (Å²) in [5, 5.41) is 5.70. The molecule has 0 aromatic carbocycles. The van der Waals surface area contributed by atoms with E-state index in [0.29, 0.717) is 30.5 Å². The Morgan fingerprint density at radius 3 is 2.89 bits per heavy atom. The van der Waals surface area contributed by atoms with Crippen molar-refractivity contribution in [3.8, 4) is 0 Å². The van der Waals surface area contributed by atoms with Gasteiger partial charge in [0.2, 0.25) is 5.91 Å². The maximum absolute atomic E-state index is 11.7. The van der Waals surface area contributed by atoms with Crippen LogP contribution in [0.5, 0.6) is 0 Å². The summed E-state index contributed by atoms with van der Waals surface area (Å²) >= 11 is 0. The van der Waals surface area contributed by atoms with E-state index in [0.717, 1.165) is 12.8 Å². The molecule has 0 spiro atoms. The van der Waals surface area contributed by atoms with Crippen molar-refractivity contribution >= 4 is 11.8 Å². The monoisotopic (exact) mass is 264 g/mol. The van der Waals surface area contributed by atoms with E-state index in [2.05, 4.69) is 17.6 Å². The second kappa shape index (κ2) is 6.41. The Labute approximate surface area is 112 Å². The zero-order valence-electron chi connectivity index (χ0n) is 11.1. The van der Waals surface area contributed by atoms with Crippen LogP contribution >= 0.6 is 0 Å². The van der Waals surface area contributed by atoms with Crippen molar-refractivity contribution in [1.82, 2.24) is 10.6 Å². The number of hydrogen-bond donors (Lipinski definition) is 2. The third kappa shape index (κ3) is 4.12. The Kier molecular flexibility index (Phi) is 4.60. The summed E-state index contributed by atoms with van der Waals surface area (Å²) in [5.41, 5.74) is 0.477. The molecule has 1 aromatic heterocycles. The molecule has 5 heteroatoms. The highest BCUT2D eigenvalue weighted by molar-refractivity contribution is 5.94. The zero-order valence-corrected chi connectivity index (χ0v) is 11.1. The van der Waals surface area contributed by atoms with Gasteiger partial charge in [-0.25, -0.2) is 0 Å². The molecule has 2 unspecified atom stereocenters. The van der Waals surface area contributed by atoms with Gasteiger partial charge in [0, 0.05) is 19.0 Å². The second-order valence-electron chi connectivity index (χ2n) is 5.20. The van der Waals surface area contributed by atoms with Crippen molar-refractivity contribution in [3.63, 3.8) is 0 Å². The van der Waals surface area contributed by atoms with E-state index >= 15 is 0 Å². The molecule has 5 nitrogen and oxygen atoms in total. The number of amides is 2. The maximum atomic E-state index is 11.7. The molecule has 1 aliphatic carbocycles. The van der Waals surface area contributed by atoms with E-state index in [1.165, 1.54) is 18.9 Å². The quantitative estimate of drug-likeness (QED) is 0.850. The van der Waals surface area contributed by atoms with Gasteiger partial charge in [-0.1, -0.05) is 6.92 Å². The van der Waals surface area contributed by atoms with Crippen LogP contribution < -0.4 is 10.6 Å². The van der Waals surface area contributed by atoms with Crippen molar-refractivity contribution in [2.75, 3.05) is 6.54 Å². The number of rotatable bonds is 5. The minimum atomic E-state index is -0.212. The van der Waals surface area contributed by atoms with Crippen LogP contribution in [0.3, 0.4) is 0 Å². The Morgan fingerprint density at radius 1 is 1.42 bits per heavy atom. The number of nitrogens with one attached hydrogen (secondary N) is 2. The summed E-state index contributed by atoms with van der Waals surface area (Å²) in [7, 11) is 0. The van der Waals surface area contributed by atoms with E-state index < -0.39 is 0 Å². The molecule has 0 bridgehead atoms. The number of hydrogen-bond acceptors (Lipinski definition) is 3. The molecule has 0 aliphatic heterocycles. The minimum absolute atomic E-state index is 0.00611. The van der Waals surface area contributed by atoms with Gasteiger partial charge >= 0.3 is 0 Å². The van der Waals surface area contributed by atoms with Gasteiger partial charge in [0.05, 0.1) is 11.8 Å². The predicted molar refractivity (Wildman–Crippen MR) is 70.6 cm³/mol. The SMILES string of the molecule is CC1CCC(NC(=O)CCNC(=O)c2ccoc2)C1. The lowest BCUT2D eigenvalue weighted by atomic mass is 10.1. The summed E-state index contributed by atoms with van der Waals surface area (Å²) in [6.07, 6.45) is 6.45. The van der Waals surface area contributed by atoms with Gasteiger partial charge in [-0.15, -0.1) is 0 Å². The maximum Gasteiger partial charge on any atom is 0.254 e. The molecule has 1 aromatic rings. The van der Waals surface area contributed by atoms with Crippen LogP contribution in [0.25, 0.3) is 0 Å². The highest BCUT2D eigenvalue weighted by Crippen LogP contribution is 2.24. The highest BCUT2D eigenvalue weighted by Gasteiger charge is 2.22. The Balaban J connectivity index is 1.63. The van der Waals surface area contributed by atoms with Crippen molar-refractivity contribution in [2.24, 2.45) is 5.92 Å². The van der Waals surface area contributed by atoms with Gasteiger partial charge in [0.15, 0.2) is 0 Å². The normalized spacial score (nSPS) is 22.2. The lowest BCUT2D eigenvalue weighted by Gasteiger charge is -2.12. The van der Waals surface area contributed by atoms with Crippen molar-refractivity contribution in [3.05, 3.63) is 24.2 Å². The molecular weight excluding hydrogens is 244 g/mol. The number of furan rings is 1. The Hall–Kier alpha value is -1.78. The van der Waals surface area contributed by atoms with E-state index in [1.807, 2.05) is 0 Å². The molecule has 104 valence electrons. The first-order valence-electron chi connectivity index (χ1n) is 6.75. The molecule has 0 saturated heterocycles. The fourth-order valence-corrected chi connectivity index (χ4v) is 2.42. The van der Waals surface area contributed by atoms with Gasteiger partial charge in [0.25, 0.3) is 5.91 Å². The van der Waals surface area contributed by atoms with Crippen molar-refractivity contribution in [2.45, 2.75) is 38.6 Å². The van der Waals surface area contributed by atoms with Gasteiger partial charge in [0.1, 0.15) is 6.26 Å². The molecule has 2 N–H and O–H groups in total. The van der Waals surface area contributed by atoms with Crippen LogP contribution in [0, 0.1) is 5.92 Å². The van der Waals surface area contributed by atoms with E-state index in [1.54, 1.807) is 6.07 Å². The van der Waals surface area contributed by atoms with Crippen LogP contribution in [0.2, 0.25) is 0 Å². The largest absolute Gasteiger partial charge is 0.472 e. The molecule has 2 amide bonds. The zero-order chi connectivity index (χ0) is 13.7. The van der Waals surface area contributed by atoms with Crippen LogP contribution in [0.15, 0.2) is 23.0 Å². The summed E-state index contributed by atoms with van der Waals surface area (Å²) < 4.78 is 4.82. The Bertz CT molecular complexity index is 428. The van der Waals surface area contributed by atoms with Gasteiger partial charge < -0.3 is 15.1 Å². The molecule has 1 saturated carbocycles. The van der Waals surface area contributed by atoms with Gasteiger partial charge in [-0.3, -0.25) is 9.59 Å². The molecule has 2 atom stereocenters. The summed E-state index contributed by atoms with van der Waals surface area (Å²) in [6.45, 7) is 2.55. The first-order chi connectivity index (χ1) is 9.15. The summed E-state index contributed by atoms with van der Waals surface area (Å²) in [6, 6.07) is 1.90. The van der Waals surface area contributed by atoms with Crippen molar-refractivity contribution in [1.29, 1.82) is 0 Å². The third-order valence-electron chi connectivity index (χ3n) is 3.48. The molecule has 2 rings (SSSR count). The summed E-state index contributed by atoms with van der Waals surface area (Å²) in [4.78, 5) is 23.3. The molecule has 19 heavy (non-hydrogen) atoms. The van der Waals surface area contributed by atoms with Crippen LogP contribution in [0.1, 0.15) is 43.0 Å². The molecule has 1 aliphatic rings. The first kappa shape index (κ1) is 13.6. The lowest BCUT2D eigenvalue weighted by Crippen LogP contribution is -2.35. The van der Waals surface area contributed by atoms with Crippen LogP contribution in [0.4, 0.5) is 0 Å². The Morgan fingerprint density at radius 2 is 2.26 bits per heavy atom. The fourth-order valence-electron chi connectivity index (χ4n) is 2.42. The van der Waals surface area contributed by atoms with Crippen molar-refractivity contribution < 1.29 is 14.0 Å².